The molecule has 0 bridgehead atoms. The number of likely N-dealkylation sites (N-methyl/N-ethyl adjacent to an activating group) is 1. The van der Waals surface area contributed by atoms with E-state index in [1.165, 1.54) is 0 Å². The molecule has 7 heteroatoms. The van der Waals surface area contributed by atoms with Crippen LogP contribution in [0.5, 0.6) is 0 Å². The van der Waals surface area contributed by atoms with Crippen LogP contribution >= 0.6 is 0 Å². The zero-order valence-electron chi connectivity index (χ0n) is 18.9. The predicted octanol–water partition coefficient (Wildman–Crippen LogP) is 2.91. The Balaban J connectivity index is 1.29. The van der Waals surface area contributed by atoms with Crippen molar-refractivity contribution in [3.63, 3.8) is 0 Å². The van der Waals surface area contributed by atoms with Crippen molar-refractivity contribution in [1.82, 2.24) is 10.6 Å². The van der Waals surface area contributed by atoms with E-state index in [0.29, 0.717) is 5.56 Å². The fourth-order valence-electron chi connectivity index (χ4n) is 4.28. The standard InChI is InChI=1S/C27H28N2O5/c1-28-25(31)14-17-10-12-18(13-11-17)26(32)24(30)15-29-27(33)34-16-23-21-8-4-2-6-19(21)20-7-3-5-9-22(20)23/h2-13,23-24,26,30,32H,14-16H2,1H3,(H,28,31)(H,29,33). The van der Waals surface area contributed by atoms with Crippen LogP contribution in [0.4, 0.5) is 4.79 Å². The molecule has 2 atom stereocenters. The summed E-state index contributed by atoms with van der Waals surface area (Å²) in [5, 5.41) is 25.8. The minimum Gasteiger partial charge on any atom is -0.449 e. The highest BCUT2D eigenvalue weighted by Gasteiger charge is 2.29. The average molecular weight is 461 g/mol. The number of nitrogens with one attached hydrogen (secondary N) is 2. The number of benzene rings is 3. The number of hydrogen-bond donors (Lipinski definition) is 4. The average Bonchev–Trinajstić information content (AvgIpc) is 3.19. The maximum atomic E-state index is 12.3. The number of aliphatic hydroxyl groups is 2. The minimum atomic E-state index is -1.22. The van der Waals surface area contributed by atoms with E-state index in [1.807, 2.05) is 36.4 Å². The zero-order valence-corrected chi connectivity index (χ0v) is 18.9. The third-order valence-corrected chi connectivity index (χ3v) is 6.13. The van der Waals surface area contributed by atoms with Gasteiger partial charge >= 0.3 is 6.09 Å². The second-order valence-corrected chi connectivity index (χ2v) is 8.31. The normalized spacial score (nSPS) is 14.0. The van der Waals surface area contributed by atoms with Crippen LogP contribution in [0.1, 0.15) is 34.3 Å². The molecule has 34 heavy (non-hydrogen) atoms. The second kappa shape index (κ2) is 10.5. The molecule has 1 aliphatic carbocycles. The summed E-state index contributed by atoms with van der Waals surface area (Å²) < 4.78 is 5.46. The second-order valence-electron chi connectivity index (χ2n) is 8.31. The molecule has 7 nitrogen and oxygen atoms in total. The first-order valence-electron chi connectivity index (χ1n) is 11.2. The largest absolute Gasteiger partial charge is 0.449 e. The van der Waals surface area contributed by atoms with Gasteiger partial charge in [0.25, 0.3) is 0 Å². The third-order valence-electron chi connectivity index (χ3n) is 6.13. The van der Waals surface area contributed by atoms with Crippen LogP contribution in [0.3, 0.4) is 0 Å². The number of alkyl carbamates (subject to hydrolysis) is 1. The SMILES string of the molecule is CNC(=O)Cc1ccc(C(O)C(O)CNC(=O)OCC2c3ccccc3-c3ccccc32)cc1. The molecule has 0 heterocycles. The number of ether oxygens (including phenoxy) is 1. The van der Waals surface area contributed by atoms with Gasteiger partial charge in [0.1, 0.15) is 18.8 Å². The van der Waals surface area contributed by atoms with E-state index in [-0.39, 0.29) is 31.4 Å². The van der Waals surface area contributed by atoms with Gasteiger partial charge in [-0.15, -0.1) is 0 Å². The van der Waals surface area contributed by atoms with Crippen LogP contribution in [0.25, 0.3) is 11.1 Å². The number of fused-ring (bicyclic) bond motifs is 3. The van der Waals surface area contributed by atoms with Gasteiger partial charge in [0, 0.05) is 19.5 Å². The van der Waals surface area contributed by atoms with E-state index in [0.717, 1.165) is 27.8 Å². The molecular formula is C27H28N2O5. The monoisotopic (exact) mass is 460 g/mol. The molecule has 2 amide bonds. The summed E-state index contributed by atoms with van der Waals surface area (Å²) in [6.45, 7) is 0.00312. The Kier molecular flexibility index (Phi) is 7.25. The summed E-state index contributed by atoms with van der Waals surface area (Å²) in [7, 11) is 1.57. The number of carbonyl (C=O) groups is 2. The summed E-state index contributed by atoms with van der Waals surface area (Å²) in [5.74, 6) is -0.164. The van der Waals surface area contributed by atoms with Crippen LogP contribution in [0.2, 0.25) is 0 Å². The predicted molar refractivity (Wildman–Crippen MR) is 128 cm³/mol. The Morgan fingerprint density at radius 1 is 0.912 bits per heavy atom. The fraction of sp³-hybridized carbons (Fsp3) is 0.259. The van der Waals surface area contributed by atoms with Gasteiger partial charge in [-0.05, 0) is 33.4 Å². The number of amides is 2. The van der Waals surface area contributed by atoms with Gasteiger partial charge in [0.2, 0.25) is 5.91 Å². The minimum absolute atomic E-state index is 0.0537. The Morgan fingerprint density at radius 2 is 1.50 bits per heavy atom. The summed E-state index contributed by atoms with van der Waals surface area (Å²) >= 11 is 0. The van der Waals surface area contributed by atoms with E-state index >= 15 is 0 Å². The molecule has 3 aromatic rings. The molecule has 0 fully saturated rings. The Hall–Kier alpha value is -3.68. The molecule has 0 aliphatic heterocycles. The molecule has 0 radical (unpaired) electrons. The van der Waals surface area contributed by atoms with Gasteiger partial charge in [0.05, 0.1) is 6.42 Å². The van der Waals surface area contributed by atoms with E-state index in [9.17, 15) is 19.8 Å². The molecule has 0 aromatic heterocycles. The van der Waals surface area contributed by atoms with E-state index in [2.05, 4.69) is 22.8 Å². The van der Waals surface area contributed by atoms with Crippen molar-refractivity contribution >= 4 is 12.0 Å². The fourth-order valence-corrected chi connectivity index (χ4v) is 4.28. The summed E-state index contributed by atoms with van der Waals surface area (Å²) in [6.07, 6.45) is -2.83. The molecule has 2 unspecified atom stereocenters. The van der Waals surface area contributed by atoms with E-state index in [1.54, 1.807) is 31.3 Å². The highest BCUT2D eigenvalue weighted by molar-refractivity contribution is 5.79. The quantitative estimate of drug-likeness (QED) is 0.414. The van der Waals surface area contributed by atoms with E-state index < -0.39 is 18.3 Å². The molecule has 0 spiro atoms. The maximum absolute atomic E-state index is 12.3. The lowest BCUT2D eigenvalue weighted by Gasteiger charge is -2.19. The summed E-state index contributed by atoms with van der Waals surface area (Å²) in [6, 6.07) is 22.9. The number of aliphatic hydroxyl groups excluding tert-OH is 2. The third kappa shape index (κ3) is 5.11. The molecule has 4 N–H and O–H groups in total. The van der Waals surface area contributed by atoms with Crippen LogP contribution in [-0.2, 0) is 16.0 Å². The zero-order chi connectivity index (χ0) is 24.1. The van der Waals surface area contributed by atoms with Crippen molar-refractivity contribution in [3.05, 3.63) is 95.1 Å². The van der Waals surface area contributed by atoms with Gasteiger partial charge in [0.15, 0.2) is 0 Å². The Labute approximate surface area is 198 Å². The first-order chi connectivity index (χ1) is 16.5. The Bertz CT molecular complexity index is 1120. The van der Waals surface area contributed by atoms with Crippen molar-refractivity contribution in [1.29, 1.82) is 0 Å². The highest BCUT2D eigenvalue weighted by Crippen LogP contribution is 2.44. The molecule has 0 saturated carbocycles. The first-order valence-corrected chi connectivity index (χ1v) is 11.2. The Morgan fingerprint density at radius 3 is 2.09 bits per heavy atom. The number of carbonyl (C=O) groups excluding carboxylic acids is 2. The van der Waals surface area contributed by atoms with Gasteiger partial charge < -0.3 is 25.6 Å². The number of hydrogen-bond acceptors (Lipinski definition) is 5. The number of rotatable bonds is 8. The molecular weight excluding hydrogens is 432 g/mol. The highest BCUT2D eigenvalue weighted by atomic mass is 16.5. The van der Waals surface area contributed by atoms with Gasteiger partial charge in [-0.25, -0.2) is 4.79 Å². The van der Waals surface area contributed by atoms with Crippen molar-refractivity contribution in [2.75, 3.05) is 20.2 Å². The van der Waals surface area contributed by atoms with Crippen LogP contribution in [0, 0.1) is 0 Å². The molecule has 176 valence electrons. The summed E-state index contributed by atoms with van der Waals surface area (Å²) in [5.41, 5.74) is 5.81. The van der Waals surface area contributed by atoms with Crippen LogP contribution in [-0.4, -0.2) is 48.5 Å². The molecule has 0 saturated heterocycles. The molecule has 3 aromatic carbocycles. The smallest absolute Gasteiger partial charge is 0.407 e. The van der Waals surface area contributed by atoms with Gasteiger partial charge in [-0.3, -0.25) is 4.79 Å². The lowest BCUT2D eigenvalue weighted by Crippen LogP contribution is -2.36. The topological polar surface area (TPSA) is 108 Å². The van der Waals surface area contributed by atoms with Gasteiger partial charge in [-0.2, -0.15) is 0 Å². The van der Waals surface area contributed by atoms with Crippen LogP contribution in [0.15, 0.2) is 72.8 Å². The van der Waals surface area contributed by atoms with Gasteiger partial charge in [-0.1, -0.05) is 72.8 Å². The van der Waals surface area contributed by atoms with E-state index in [4.69, 9.17) is 4.74 Å². The summed E-state index contributed by atoms with van der Waals surface area (Å²) in [4.78, 5) is 23.8. The van der Waals surface area contributed by atoms with Crippen molar-refractivity contribution in [3.8, 4) is 11.1 Å². The lowest BCUT2D eigenvalue weighted by atomic mass is 9.98. The van der Waals surface area contributed by atoms with Crippen molar-refractivity contribution < 1.29 is 24.5 Å². The maximum Gasteiger partial charge on any atom is 0.407 e. The van der Waals surface area contributed by atoms with Crippen molar-refractivity contribution in [2.45, 2.75) is 24.5 Å². The molecule has 4 rings (SSSR count). The van der Waals surface area contributed by atoms with Crippen molar-refractivity contribution in [2.24, 2.45) is 0 Å². The first kappa shape index (κ1) is 23.5. The van der Waals surface area contributed by atoms with Crippen LogP contribution < -0.4 is 10.6 Å². The lowest BCUT2D eigenvalue weighted by molar-refractivity contribution is -0.119. The molecule has 1 aliphatic rings.